The first-order valence-electron chi connectivity index (χ1n) is 9.16. The second-order valence-corrected chi connectivity index (χ2v) is 7.55. The number of aryl methyl sites for hydroxylation is 3. The van der Waals surface area contributed by atoms with Gasteiger partial charge < -0.3 is 5.32 Å². The van der Waals surface area contributed by atoms with Crippen LogP contribution >= 0.6 is 11.8 Å². The molecule has 0 spiro atoms. The van der Waals surface area contributed by atoms with Gasteiger partial charge in [-0.3, -0.25) is 4.79 Å². The maximum absolute atomic E-state index is 11.8. The molecule has 7 heteroatoms. The maximum Gasteiger partial charge on any atom is 0.253 e. The Labute approximate surface area is 163 Å². The molecule has 142 valence electrons. The molecular formula is C20H25N5OS. The minimum absolute atomic E-state index is 0.00168. The number of hydrogen-bond acceptors (Lipinski definition) is 5. The minimum atomic E-state index is 0.00168. The molecule has 0 aliphatic carbocycles. The fraction of sp³-hybridized carbons (Fsp3) is 0.400. The van der Waals surface area contributed by atoms with Gasteiger partial charge in [-0.05, 0) is 43.9 Å². The molecule has 1 N–H and O–H groups in total. The van der Waals surface area contributed by atoms with E-state index < -0.39 is 0 Å². The summed E-state index contributed by atoms with van der Waals surface area (Å²) in [6.45, 7) is 8.91. The van der Waals surface area contributed by atoms with E-state index >= 15 is 0 Å². The molecule has 2 heterocycles. The van der Waals surface area contributed by atoms with Crippen molar-refractivity contribution < 1.29 is 4.79 Å². The number of amides is 1. The third-order valence-electron chi connectivity index (χ3n) is 4.56. The first kappa shape index (κ1) is 19.4. The molecule has 0 fully saturated rings. The summed E-state index contributed by atoms with van der Waals surface area (Å²) in [5, 5.41) is 7.99. The van der Waals surface area contributed by atoms with Crippen LogP contribution in [-0.4, -0.2) is 37.8 Å². The SMILES string of the molecule is CCCNC(=O)CSc1nc2nc(C)c(Cc3ccccc3C)c(C)n2n1. The van der Waals surface area contributed by atoms with Crippen molar-refractivity contribution in [1.82, 2.24) is 24.9 Å². The Balaban J connectivity index is 1.84. The molecule has 0 bridgehead atoms. The number of nitrogens with one attached hydrogen (secondary N) is 1. The number of benzene rings is 1. The average Bonchev–Trinajstić information content (AvgIpc) is 3.06. The quantitative estimate of drug-likeness (QED) is 0.634. The van der Waals surface area contributed by atoms with E-state index in [0.717, 1.165) is 24.2 Å². The van der Waals surface area contributed by atoms with Crippen LogP contribution in [0.2, 0.25) is 0 Å². The average molecular weight is 384 g/mol. The van der Waals surface area contributed by atoms with Gasteiger partial charge in [0.2, 0.25) is 11.1 Å². The van der Waals surface area contributed by atoms with Crippen LogP contribution in [0.1, 0.15) is 41.4 Å². The lowest BCUT2D eigenvalue weighted by Gasteiger charge is -2.11. The largest absolute Gasteiger partial charge is 0.355 e. The first-order chi connectivity index (χ1) is 13.0. The third-order valence-corrected chi connectivity index (χ3v) is 5.40. The van der Waals surface area contributed by atoms with Gasteiger partial charge in [0.05, 0.1) is 5.75 Å². The predicted molar refractivity (Wildman–Crippen MR) is 108 cm³/mol. The molecule has 1 amide bonds. The van der Waals surface area contributed by atoms with Crippen molar-refractivity contribution in [2.75, 3.05) is 12.3 Å². The Morgan fingerprint density at radius 3 is 2.70 bits per heavy atom. The van der Waals surface area contributed by atoms with Crippen molar-refractivity contribution in [1.29, 1.82) is 0 Å². The van der Waals surface area contributed by atoms with Gasteiger partial charge in [-0.1, -0.05) is 43.0 Å². The van der Waals surface area contributed by atoms with Gasteiger partial charge >= 0.3 is 0 Å². The highest BCUT2D eigenvalue weighted by molar-refractivity contribution is 7.99. The summed E-state index contributed by atoms with van der Waals surface area (Å²) in [6, 6.07) is 8.39. The number of thioether (sulfide) groups is 1. The molecule has 3 aromatic rings. The number of fused-ring (bicyclic) bond motifs is 1. The van der Waals surface area contributed by atoms with E-state index in [2.05, 4.69) is 51.6 Å². The summed E-state index contributed by atoms with van der Waals surface area (Å²) in [4.78, 5) is 20.9. The zero-order chi connectivity index (χ0) is 19.4. The molecule has 0 unspecified atom stereocenters. The molecular weight excluding hydrogens is 358 g/mol. The van der Waals surface area contributed by atoms with Gasteiger partial charge in [0.25, 0.3) is 5.78 Å². The minimum Gasteiger partial charge on any atom is -0.355 e. The molecule has 3 rings (SSSR count). The van der Waals surface area contributed by atoms with Gasteiger partial charge in [-0.25, -0.2) is 9.50 Å². The Morgan fingerprint density at radius 1 is 1.19 bits per heavy atom. The second kappa shape index (κ2) is 8.52. The van der Waals surface area contributed by atoms with Crippen molar-refractivity contribution in [3.05, 3.63) is 52.3 Å². The number of aromatic nitrogens is 4. The molecule has 1 aromatic carbocycles. The summed E-state index contributed by atoms with van der Waals surface area (Å²) >= 11 is 1.34. The second-order valence-electron chi connectivity index (χ2n) is 6.61. The Kier molecular flexibility index (Phi) is 6.11. The Hall–Kier alpha value is -2.41. The van der Waals surface area contributed by atoms with Crippen molar-refractivity contribution >= 4 is 23.4 Å². The fourth-order valence-corrected chi connectivity index (χ4v) is 3.60. The molecule has 0 aliphatic heterocycles. The van der Waals surface area contributed by atoms with Crippen molar-refractivity contribution in [3.63, 3.8) is 0 Å². The standard InChI is InChI=1S/C20H25N5OS/c1-5-10-21-18(26)12-27-20-23-19-22-14(3)17(15(4)25(19)24-20)11-16-9-7-6-8-13(16)2/h6-9H,5,10-12H2,1-4H3,(H,21,26). The lowest BCUT2D eigenvalue weighted by atomic mass is 9.99. The van der Waals surface area contributed by atoms with E-state index in [0.29, 0.717) is 23.2 Å². The number of rotatable bonds is 7. The zero-order valence-electron chi connectivity index (χ0n) is 16.2. The van der Waals surface area contributed by atoms with Crippen LogP contribution in [-0.2, 0) is 11.2 Å². The smallest absolute Gasteiger partial charge is 0.253 e. The summed E-state index contributed by atoms with van der Waals surface area (Å²) < 4.78 is 1.78. The van der Waals surface area contributed by atoms with Crippen LogP contribution in [0, 0.1) is 20.8 Å². The van der Waals surface area contributed by atoms with Gasteiger partial charge in [-0.15, -0.1) is 5.10 Å². The van der Waals surface area contributed by atoms with Gasteiger partial charge in [0.1, 0.15) is 0 Å². The normalized spacial score (nSPS) is 11.1. The first-order valence-corrected chi connectivity index (χ1v) is 10.1. The number of carbonyl (C=O) groups excluding carboxylic acids is 1. The van der Waals surface area contributed by atoms with Crippen molar-refractivity contribution in [3.8, 4) is 0 Å². The number of carbonyl (C=O) groups is 1. The number of nitrogens with zero attached hydrogens (tertiary/aromatic N) is 4. The van der Waals surface area contributed by atoms with Crippen LogP contribution < -0.4 is 5.32 Å². The Bertz CT molecular complexity index is 966. The summed E-state index contributed by atoms with van der Waals surface area (Å²) in [5.74, 6) is 0.891. The molecule has 0 atom stereocenters. The van der Waals surface area contributed by atoms with Crippen LogP contribution in [0.3, 0.4) is 0 Å². The molecule has 6 nitrogen and oxygen atoms in total. The van der Waals surface area contributed by atoms with E-state index in [1.165, 1.54) is 28.5 Å². The van der Waals surface area contributed by atoms with Crippen LogP contribution in [0.5, 0.6) is 0 Å². The third kappa shape index (κ3) is 4.47. The lowest BCUT2D eigenvalue weighted by molar-refractivity contribution is -0.118. The van der Waals surface area contributed by atoms with E-state index in [9.17, 15) is 4.79 Å². The Morgan fingerprint density at radius 2 is 1.96 bits per heavy atom. The predicted octanol–water partition coefficient (Wildman–Crippen LogP) is 3.26. The van der Waals surface area contributed by atoms with Gasteiger partial charge in [0.15, 0.2) is 0 Å². The summed E-state index contributed by atoms with van der Waals surface area (Å²) in [6.07, 6.45) is 1.74. The van der Waals surface area contributed by atoms with Crippen LogP contribution in [0.4, 0.5) is 0 Å². The van der Waals surface area contributed by atoms with Crippen molar-refractivity contribution in [2.24, 2.45) is 0 Å². The maximum atomic E-state index is 11.8. The molecule has 0 saturated heterocycles. The summed E-state index contributed by atoms with van der Waals surface area (Å²) in [7, 11) is 0. The van der Waals surface area contributed by atoms with Gasteiger partial charge in [-0.2, -0.15) is 4.98 Å². The molecule has 0 aliphatic rings. The van der Waals surface area contributed by atoms with Gasteiger partial charge in [0, 0.05) is 24.4 Å². The van der Waals surface area contributed by atoms with Crippen LogP contribution in [0.25, 0.3) is 5.78 Å². The van der Waals surface area contributed by atoms with E-state index in [1.807, 2.05) is 20.8 Å². The summed E-state index contributed by atoms with van der Waals surface area (Å²) in [5.41, 5.74) is 5.72. The highest BCUT2D eigenvalue weighted by Gasteiger charge is 2.15. The lowest BCUT2D eigenvalue weighted by Crippen LogP contribution is -2.25. The molecule has 27 heavy (non-hydrogen) atoms. The van der Waals surface area contributed by atoms with E-state index in [-0.39, 0.29) is 5.91 Å². The molecule has 2 aromatic heterocycles. The highest BCUT2D eigenvalue weighted by Crippen LogP contribution is 2.21. The zero-order valence-corrected chi connectivity index (χ0v) is 17.1. The van der Waals surface area contributed by atoms with Crippen molar-refractivity contribution in [2.45, 2.75) is 45.7 Å². The van der Waals surface area contributed by atoms with Crippen LogP contribution in [0.15, 0.2) is 29.4 Å². The number of hydrogen-bond donors (Lipinski definition) is 1. The molecule has 0 radical (unpaired) electrons. The highest BCUT2D eigenvalue weighted by atomic mass is 32.2. The monoisotopic (exact) mass is 383 g/mol. The topological polar surface area (TPSA) is 72.2 Å². The molecule has 0 saturated carbocycles. The fourth-order valence-electron chi connectivity index (χ4n) is 2.95. The van der Waals surface area contributed by atoms with E-state index in [4.69, 9.17) is 0 Å². The van der Waals surface area contributed by atoms with E-state index in [1.54, 1.807) is 4.52 Å².